The van der Waals surface area contributed by atoms with Crippen LogP contribution in [0.25, 0.3) is 0 Å². The third-order valence-electron chi connectivity index (χ3n) is 5.58. The third-order valence-corrected chi connectivity index (χ3v) is 5.58. The predicted octanol–water partition coefficient (Wildman–Crippen LogP) is -1.33. The van der Waals surface area contributed by atoms with E-state index in [-0.39, 0.29) is 38.0 Å². The second-order valence-electron chi connectivity index (χ2n) is 9.46. The molecule has 5 amide bonds. The SMILES string of the molecule is CC(C)CC(N)C(=O)NC(CCC(N)=O)C(=O)NC(Cc1ccccc1)C(=O)NC(CCC(N)=O)C(=O)O. The molecule has 0 saturated heterocycles. The van der Waals surface area contributed by atoms with Crippen molar-refractivity contribution in [3.05, 3.63) is 35.9 Å². The highest BCUT2D eigenvalue weighted by Gasteiger charge is 2.31. The van der Waals surface area contributed by atoms with Gasteiger partial charge in [-0.3, -0.25) is 24.0 Å². The summed E-state index contributed by atoms with van der Waals surface area (Å²) in [5.41, 5.74) is 16.9. The largest absolute Gasteiger partial charge is 0.480 e. The maximum Gasteiger partial charge on any atom is 0.326 e. The third kappa shape index (κ3) is 12.3. The summed E-state index contributed by atoms with van der Waals surface area (Å²) in [4.78, 5) is 72.9. The van der Waals surface area contributed by atoms with Crippen LogP contribution in [0.4, 0.5) is 0 Å². The van der Waals surface area contributed by atoms with Crippen LogP contribution < -0.4 is 33.2 Å². The van der Waals surface area contributed by atoms with Crippen molar-refractivity contribution in [1.29, 1.82) is 0 Å². The standard InChI is InChI=1S/C25H38N6O7/c1-14(2)12-16(26)22(34)29-17(8-10-20(27)32)23(35)31-19(13-15-6-4-3-5-7-15)24(36)30-18(25(37)38)9-11-21(28)33/h3-7,14,16-19H,8-13,26H2,1-2H3,(H2,27,32)(H2,28,33)(H,29,34)(H,30,36)(H,31,35)(H,37,38). The Morgan fingerprint density at radius 3 is 1.74 bits per heavy atom. The van der Waals surface area contributed by atoms with Gasteiger partial charge >= 0.3 is 5.97 Å². The zero-order valence-electron chi connectivity index (χ0n) is 21.6. The minimum Gasteiger partial charge on any atom is -0.480 e. The van der Waals surface area contributed by atoms with E-state index in [2.05, 4.69) is 16.0 Å². The van der Waals surface area contributed by atoms with Crippen molar-refractivity contribution in [2.45, 2.75) is 76.5 Å². The second kappa shape index (κ2) is 16.0. The van der Waals surface area contributed by atoms with Gasteiger partial charge in [-0.2, -0.15) is 0 Å². The first kappa shape index (κ1) is 32.0. The minimum atomic E-state index is -1.43. The summed E-state index contributed by atoms with van der Waals surface area (Å²) < 4.78 is 0. The van der Waals surface area contributed by atoms with Gasteiger partial charge in [-0.15, -0.1) is 0 Å². The zero-order valence-corrected chi connectivity index (χ0v) is 21.6. The second-order valence-corrected chi connectivity index (χ2v) is 9.46. The summed E-state index contributed by atoms with van der Waals surface area (Å²) in [6.07, 6.45) is -0.530. The smallest absolute Gasteiger partial charge is 0.326 e. The molecule has 4 atom stereocenters. The molecule has 210 valence electrons. The monoisotopic (exact) mass is 534 g/mol. The van der Waals surface area contributed by atoms with E-state index in [4.69, 9.17) is 17.2 Å². The molecule has 0 aromatic heterocycles. The van der Waals surface area contributed by atoms with Gasteiger partial charge in [-0.25, -0.2) is 4.79 Å². The van der Waals surface area contributed by atoms with Crippen molar-refractivity contribution in [3.8, 4) is 0 Å². The average Bonchev–Trinajstić information content (AvgIpc) is 2.83. The van der Waals surface area contributed by atoms with Crippen LogP contribution >= 0.6 is 0 Å². The van der Waals surface area contributed by atoms with Crippen molar-refractivity contribution >= 4 is 35.5 Å². The van der Waals surface area contributed by atoms with E-state index in [0.29, 0.717) is 12.0 Å². The normalized spacial score (nSPS) is 14.0. The Kier molecular flexibility index (Phi) is 13.5. The van der Waals surface area contributed by atoms with Crippen LogP contribution in [0.3, 0.4) is 0 Å². The Morgan fingerprint density at radius 2 is 1.24 bits per heavy atom. The Labute approximate surface area is 221 Å². The van der Waals surface area contributed by atoms with E-state index in [1.54, 1.807) is 30.3 Å². The molecule has 4 unspecified atom stereocenters. The van der Waals surface area contributed by atoms with E-state index < -0.39 is 59.7 Å². The van der Waals surface area contributed by atoms with Gasteiger partial charge in [0.2, 0.25) is 29.5 Å². The lowest BCUT2D eigenvalue weighted by molar-refractivity contribution is -0.142. The molecule has 0 aliphatic heterocycles. The average molecular weight is 535 g/mol. The van der Waals surface area contributed by atoms with Gasteiger partial charge in [0.25, 0.3) is 0 Å². The molecular formula is C25H38N6O7. The Hall–Kier alpha value is -4.00. The summed E-state index contributed by atoms with van der Waals surface area (Å²) in [6.45, 7) is 3.76. The summed E-state index contributed by atoms with van der Waals surface area (Å²) in [6, 6.07) is 3.83. The van der Waals surface area contributed by atoms with Crippen LogP contribution in [0, 0.1) is 5.92 Å². The fraction of sp³-hybridized carbons (Fsp3) is 0.520. The summed E-state index contributed by atoms with van der Waals surface area (Å²) >= 11 is 0. The maximum atomic E-state index is 13.2. The van der Waals surface area contributed by atoms with E-state index in [0.717, 1.165) is 0 Å². The fourth-order valence-corrected chi connectivity index (χ4v) is 3.60. The number of amides is 5. The van der Waals surface area contributed by atoms with Gasteiger partial charge in [0.05, 0.1) is 6.04 Å². The summed E-state index contributed by atoms with van der Waals surface area (Å²) in [7, 11) is 0. The highest BCUT2D eigenvalue weighted by molar-refractivity contribution is 5.94. The first-order valence-corrected chi connectivity index (χ1v) is 12.3. The lowest BCUT2D eigenvalue weighted by Gasteiger charge is -2.25. The molecule has 0 spiro atoms. The Morgan fingerprint density at radius 1 is 0.763 bits per heavy atom. The van der Waals surface area contributed by atoms with Crippen molar-refractivity contribution in [2.24, 2.45) is 23.1 Å². The molecule has 38 heavy (non-hydrogen) atoms. The highest BCUT2D eigenvalue weighted by atomic mass is 16.4. The lowest BCUT2D eigenvalue weighted by atomic mass is 10.0. The number of carbonyl (C=O) groups is 6. The van der Waals surface area contributed by atoms with Crippen LogP contribution in [0.2, 0.25) is 0 Å². The van der Waals surface area contributed by atoms with E-state index in [1.165, 1.54) is 0 Å². The summed E-state index contributed by atoms with van der Waals surface area (Å²) in [5.74, 6) is -4.90. The molecule has 0 aliphatic rings. The first-order valence-electron chi connectivity index (χ1n) is 12.3. The van der Waals surface area contributed by atoms with Gasteiger partial charge in [0.15, 0.2) is 0 Å². The molecule has 1 aromatic carbocycles. The molecule has 1 aromatic rings. The van der Waals surface area contributed by atoms with Crippen LogP contribution in [-0.4, -0.2) is 64.8 Å². The predicted molar refractivity (Wildman–Crippen MR) is 138 cm³/mol. The lowest BCUT2D eigenvalue weighted by Crippen LogP contribution is -2.57. The van der Waals surface area contributed by atoms with Crippen molar-refractivity contribution in [2.75, 3.05) is 0 Å². The fourth-order valence-electron chi connectivity index (χ4n) is 3.60. The van der Waals surface area contributed by atoms with Crippen molar-refractivity contribution < 1.29 is 33.9 Å². The highest BCUT2D eigenvalue weighted by Crippen LogP contribution is 2.08. The first-order chi connectivity index (χ1) is 17.8. The number of hydrogen-bond donors (Lipinski definition) is 7. The van der Waals surface area contributed by atoms with Gasteiger partial charge in [0, 0.05) is 19.3 Å². The van der Waals surface area contributed by atoms with E-state index in [9.17, 15) is 33.9 Å². The van der Waals surface area contributed by atoms with Gasteiger partial charge in [-0.1, -0.05) is 44.2 Å². The maximum absolute atomic E-state index is 13.2. The molecular weight excluding hydrogens is 496 g/mol. The number of carboxylic acids is 1. The number of rotatable bonds is 17. The van der Waals surface area contributed by atoms with Crippen molar-refractivity contribution in [1.82, 2.24) is 16.0 Å². The molecule has 13 heteroatoms. The molecule has 0 aliphatic carbocycles. The number of nitrogens with two attached hydrogens (primary N) is 3. The Balaban J connectivity index is 3.14. The Bertz CT molecular complexity index is 986. The molecule has 10 N–H and O–H groups in total. The number of aliphatic carboxylic acids is 1. The topological polar surface area (TPSA) is 237 Å². The molecule has 0 radical (unpaired) electrons. The van der Waals surface area contributed by atoms with Crippen LogP contribution in [0.5, 0.6) is 0 Å². The number of hydrogen-bond acceptors (Lipinski definition) is 7. The van der Waals surface area contributed by atoms with Crippen LogP contribution in [0.1, 0.15) is 51.5 Å². The number of carboxylic acid groups (broad SMARTS) is 1. The molecule has 0 heterocycles. The van der Waals surface area contributed by atoms with E-state index >= 15 is 0 Å². The van der Waals surface area contributed by atoms with Crippen LogP contribution in [0.15, 0.2) is 30.3 Å². The molecule has 1 rings (SSSR count). The molecule has 0 fully saturated rings. The summed E-state index contributed by atoms with van der Waals surface area (Å²) in [5, 5.41) is 16.8. The zero-order chi connectivity index (χ0) is 28.8. The number of primary amides is 2. The van der Waals surface area contributed by atoms with Crippen molar-refractivity contribution in [3.63, 3.8) is 0 Å². The van der Waals surface area contributed by atoms with E-state index in [1.807, 2.05) is 13.8 Å². The van der Waals surface area contributed by atoms with Gasteiger partial charge < -0.3 is 38.3 Å². The van der Waals surface area contributed by atoms with Gasteiger partial charge in [-0.05, 0) is 30.7 Å². The number of benzene rings is 1. The quantitative estimate of drug-likeness (QED) is 0.126. The molecule has 0 bridgehead atoms. The molecule has 13 nitrogen and oxygen atoms in total. The molecule has 0 saturated carbocycles. The minimum absolute atomic E-state index is 0.01000. The number of nitrogens with one attached hydrogen (secondary N) is 3. The van der Waals surface area contributed by atoms with Crippen LogP contribution in [-0.2, 0) is 35.2 Å². The van der Waals surface area contributed by atoms with Gasteiger partial charge in [0.1, 0.15) is 18.1 Å². The number of carbonyl (C=O) groups excluding carboxylic acids is 5.